The molecule has 2 N–H and O–H groups in total. The van der Waals surface area contributed by atoms with Gasteiger partial charge in [0.25, 0.3) is 5.69 Å². The quantitative estimate of drug-likeness (QED) is 0.0254. The molecule has 12 heteroatoms. The monoisotopic (exact) mass is 868 g/mol. The molecule has 11 nitrogen and oxygen atoms in total. The number of thioether (sulfide) groups is 1. The molecule has 3 aliphatic rings. The van der Waals surface area contributed by atoms with Crippen molar-refractivity contribution in [3.8, 4) is 17.2 Å². The number of unbranched alkanes of at least 4 members (excludes halogenated alkanes) is 2. The Labute approximate surface area is 371 Å². The number of nitrogens with zero attached hydrogens (tertiary/aromatic N) is 2. The number of rotatable bonds is 20. The molecule has 0 bridgehead atoms. The van der Waals surface area contributed by atoms with Gasteiger partial charge < -0.3 is 29.3 Å². The number of ether oxygens (including phenoxy) is 3. The highest BCUT2D eigenvalue weighted by Crippen LogP contribution is 2.63. The first-order valence-corrected chi connectivity index (χ1v) is 22.5. The van der Waals surface area contributed by atoms with Crippen molar-refractivity contribution < 1.29 is 39.0 Å². The van der Waals surface area contributed by atoms with Crippen LogP contribution >= 0.6 is 11.8 Å². The molecule has 326 valence electrons. The Kier molecular flexibility index (Phi) is 14.0. The largest absolute Gasteiger partial charge is 0.460 e. The minimum absolute atomic E-state index is 0.00145. The molecule has 0 aromatic heterocycles. The number of hydrogen-bond donors (Lipinski definition) is 2. The summed E-state index contributed by atoms with van der Waals surface area (Å²) in [5.41, 5.74) is 3.97. The van der Waals surface area contributed by atoms with Gasteiger partial charge in [-0.05, 0) is 114 Å². The molecule has 8 rings (SSSR count). The van der Waals surface area contributed by atoms with Gasteiger partial charge in [0, 0.05) is 53.7 Å². The molecule has 2 aliphatic carbocycles. The van der Waals surface area contributed by atoms with Gasteiger partial charge in [0.05, 0.1) is 28.4 Å². The summed E-state index contributed by atoms with van der Waals surface area (Å²) in [6.07, 6.45) is 9.95. The minimum Gasteiger partial charge on any atom is -0.460 e. The third-order valence-electron chi connectivity index (χ3n) is 12.4. The number of nitro groups is 1. The van der Waals surface area contributed by atoms with Crippen molar-refractivity contribution in [3.63, 3.8) is 0 Å². The number of aldehydes is 1. The molecule has 6 atom stereocenters. The Morgan fingerprint density at radius 3 is 2.43 bits per heavy atom. The van der Waals surface area contributed by atoms with E-state index in [-0.39, 0.29) is 61.0 Å². The van der Waals surface area contributed by atoms with Crippen LogP contribution in [0.1, 0.15) is 72.3 Å². The summed E-state index contributed by atoms with van der Waals surface area (Å²) in [4.78, 5) is 29.8. The molecule has 63 heavy (non-hydrogen) atoms. The van der Waals surface area contributed by atoms with E-state index in [1.165, 1.54) is 12.1 Å². The highest BCUT2D eigenvalue weighted by atomic mass is 32.2. The van der Waals surface area contributed by atoms with Gasteiger partial charge in [-0.15, -0.1) is 18.3 Å². The number of carbonyl (C=O) groups is 1. The number of aliphatic hydroxyl groups is 2. The fourth-order valence-corrected chi connectivity index (χ4v) is 10.9. The first-order valence-electron chi connectivity index (χ1n) is 21.7. The van der Waals surface area contributed by atoms with Crippen LogP contribution < -0.4 is 9.47 Å². The van der Waals surface area contributed by atoms with Crippen LogP contribution in [0.5, 0.6) is 17.2 Å². The topological polar surface area (TPSA) is 150 Å². The molecular weight excluding hydrogens is 817 g/mol. The maximum absolute atomic E-state index is 11.7. The van der Waals surface area contributed by atoms with Crippen LogP contribution in [0.25, 0.3) is 10.8 Å². The van der Waals surface area contributed by atoms with E-state index in [0.29, 0.717) is 42.1 Å². The molecule has 1 aliphatic heterocycles. The molecule has 0 saturated heterocycles. The second-order valence-electron chi connectivity index (χ2n) is 16.4. The van der Waals surface area contributed by atoms with E-state index in [9.17, 15) is 25.1 Å². The van der Waals surface area contributed by atoms with Crippen molar-refractivity contribution in [2.45, 2.75) is 73.4 Å². The zero-order chi connectivity index (χ0) is 43.8. The van der Waals surface area contributed by atoms with Crippen LogP contribution in [0.2, 0.25) is 0 Å². The second-order valence-corrected chi connectivity index (χ2v) is 17.6. The summed E-state index contributed by atoms with van der Waals surface area (Å²) in [6.45, 7) is 4.59. The maximum atomic E-state index is 11.7. The number of oxime groups is 1. The van der Waals surface area contributed by atoms with Crippen molar-refractivity contribution in [1.29, 1.82) is 0 Å². The van der Waals surface area contributed by atoms with Crippen LogP contribution in [0.15, 0.2) is 144 Å². The lowest BCUT2D eigenvalue weighted by atomic mass is 9.56. The molecule has 5 aromatic rings. The lowest BCUT2D eigenvalue weighted by Gasteiger charge is -2.58. The molecular formula is C51H52N2O9S. The predicted octanol–water partition coefficient (Wildman–Crippen LogP) is 11.0. The molecule has 0 unspecified atom stereocenters. The number of nitro benzene ring substituents is 1. The Hall–Kier alpha value is -5.79. The molecule has 1 heterocycles. The van der Waals surface area contributed by atoms with Crippen LogP contribution in [-0.4, -0.2) is 58.0 Å². The van der Waals surface area contributed by atoms with E-state index < -0.39 is 10.7 Å². The number of non-ortho nitro benzene ring substituents is 1. The van der Waals surface area contributed by atoms with Crippen LogP contribution in [0, 0.1) is 27.9 Å². The normalized spacial score (nSPS) is 22.9. The van der Waals surface area contributed by atoms with E-state index in [2.05, 4.69) is 49.1 Å². The second kappa shape index (κ2) is 20.2. The molecule has 1 saturated carbocycles. The zero-order valence-electron chi connectivity index (χ0n) is 35.1. The van der Waals surface area contributed by atoms with Crippen molar-refractivity contribution in [2.24, 2.45) is 22.9 Å². The summed E-state index contributed by atoms with van der Waals surface area (Å²) in [6, 6.07) is 34.0. The van der Waals surface area contributed by atoms with Crippen molar-refractivity contribution in [1.82, 2.24) is 0 Å². The van der Waals surface area contributed by atoms with Gasteiger partial charge in [0.15, 0.2) is 0 Å². The highest BCUT2D eigenvalue weighted by molar-refractivity contribution is 8.00. The van der Waals surface area contributed by atoms with E-state index in [1.54, 1.807) is 48.2 Å². The van der Waals surface area contributed by atoms with Crippen molar-refractivity contribution >= 4 is 40.2 Å². The van der Waals surface area contributed by atoms with E-state index >= 15 is 0 Å². The van der Waals surface area contributed by atoms with Gasteiger partial charge in [-0.2, -0.15) is 0 Å². The fourth-order valence-electron chi connectivity index (χ4n) is 9.58. The molecule has 0 radical (unpaired) electrons. The third-order valence-corrected chi connectivity index (χ3v) is 13.7. The van der Waals surface area contributed by atoms with Gasteiger partial charge >= 0.3 is 0 Å². The number of allylic oxidation sites excluding steroid dienone is 1. The standard InChI is InChI=1S/C51H52N2O9S/c1-2-26-59-51-48(63-42-22-18-36-11-3-4-12-37(36)28-42)31-46(52-60-33-34-16-19-39(20-17-34)53(57)58)44-29-38(13-5-7-24-54)43(15-6-8-25-55)49(50(44)51)45-30-41(21-23-47(45)62-51)61-40-14-9-10-35(27-40)32-56/h2-4,9-12,14,16-23,27-30,32,38,43,48-50,54-55H,1,5-8,13,15,24-26,31,33H2/t38-,43+,48-,49+,50+,51+/m0/s1. The van der Waals surface area contributed by atoms with E-state index in [0.717, 1.165) is 70.0 Å². The fraction of sp³-hybridized carbons (Fsp3) is 0.333. The Bertz CT molecular complexity index is 2490. The Morgan fingerprint density at radius 1 is 0.889 bits per heavy atom. The minimum atomic E-state index is -1.20. The third kappa shape index (κ3) is 9.59. The lowest BCUT2D eigenvalue weighted by Crippen LogP contribution is -2.64. The number of benzene rings is 5. The summed E-state index contributed by atoms with van der Waals surface area (Å²) in [5.74, 6) is 0.246. The first-order chi connectivity index (χ1) is 30.8. The van der Waals surface area contributed by atoms with Gasteiger partial charge in [-0.1, -0.05) is 72.6 Å². The van der Waals surface area contributed by atoms with Gasteiger partial charge in [0.1, 0.15) is 30.1 Å². The maximum Gasteiger partial charge on any atom is 0.269 e. The summed E-state index contributed by atoms with van der Waals surface area (Å²) >= 11 is 1.69. The molecule has 1 fully saturated rings. The number of carbonyl (C=O) groups excluding carboxylic acids is 1. The van der Waals surface area contributed by atoms with Gasteiger partial charge in [0.2, 0.25) is 5.79 Å². The predicted molar refractivity (Wildman–Crippen MR) is 245 cm³/mol. The van der Waals surface area contributed by atoms with Crippen LogP contribution in [0.3, 0.4) is 0 Å². The van der Waals surface area contributed by atoms with Crippen molar-refractivity contribution in [2.75, 3.05) is 19.8 Å². The SMILES string of the molecule is C=CCO[C@@]12Oc3ccc(Oc4cccc(C=O)c4)cc3[C@H]3[C@H](CCCCO)[C@@H](CCCCO)C=C(C(=NOCc4ccc([N+](=O)[O-])cc4)C[C@@H]1Sc1ccc4ccccc4c1)[C@H]32. The zero-order valence-corrected chi connectivity index (χ0v) is 35.9. The first kappa shape index (κ1) is 43.8. The van der Waals surface area contributed by atoms with Crippen molar-refractivity contribution in [3.05, 3.63) is 160 Å². The molecule has 0 amide bonds. The Morgan fingerprint density at radius 2 is 1.67 bits per heavy atom. The molecule has 0 spiro atoms. The number of fused-ring (bicyclic) bond motifs is 3. The summed E-state index contributed by atoms with van der Waals surface area (Å²) in [7, 11) is 0. The average Bonchev–Trinajstić information content (AvgIpc) is 3.30. The van der Waals surface area contributed by atoms with Gasteiger partial charge in [-0.3, -0.25) is 14.9 Å². The van der Waals surface area contributed by atoms with Crippen LogP contribution in [-0.2, 0) is 16.2 Å². The number of hydrogen-bond acceptors (Lipinski definition) is 11. The summed E-state index contributed by atoms with van der Waals surface area (Å²) < 4.78 is 20.9. The number of aliphatic hydroxyl groups excluding tert-OH is 2. The van der Waals surface area contributed by atoms with Crippen LogP contribution in [0.4, 0.5) is 5.69 Å². The van der Waals surface area contributed by atoms with E-state index in [4.69, 9.17) is 24.2 Å². The van der Waals surface area contributed by atoms with E-state index in [1.807, 2.05) is 30.3 Å². The highest BCUT2D eigenvalue weighted by Gasteiger charge is 2.64. The van der Waals surface area contributed by atoms with Gasteiger partial charge in [-0.25, -0.2) is 0 Å². The average molecular weight is 869 g/mol. The Balaban J connectivity index is 1.29. The smallest absolute Gasteiger partial charge is 0.269 e. The lowest BCUT2D eigenvalue weighted by molar-refractivity contribution is -0.384. The summed E-state index contributed by atoms with van der Waals surface area (Å²) in [5, 5.41) is 38.1. The molecule has 5 aromatic carbocycles.